The average molecular weight is 428 g/mol. The van der Waals surface area contributed by atoms with E-state index in [0.29, 0.717) is 33.4 Å². The van der Waals surface area contributed by atoms with Crippen molar-refractivity contribution in [2.24, 2.45) is 0 Å². The van der Waals surface area contributed by atoms with Gasteiger partial charge in [-0.25, -0.2) is 0 Å². The van der Waals surface area contributed by atoms with Gasteiger partial charge in [0.25, 0.3) is 5.91 Å². The fraction of sp³-hybridized carbons (Fsp3) is 0. The van der Waals surface area contributed by atoms with Crippen molar-refractivity contribution in [2.45, 2.75) is 0 Å². The number of halogens is 1. The van der Waals surface area contributed by atoms with Gasteiger partial charge in [0.2, 0.25) is 0 Å². The lowest BCUT2D eigenvalue weighted by molar-refractivity contribution is 0.102. The van der Waals surface area contributed by atoms with Gasteiger partial charge in [0.05, 0.1) is 0 Å². The lowest BCUT2D eigenvalue weighted by atomic mass is 10.1. The van der Waals surface area contributed by atoms with E-state index in [2.05, 4.69) is 5.32 Å². The Morgan fingerprint density at radius 1 is 0.806 bits per heavy atom. The molecule has 0 atom stereocenters. The maximum atomic E-state index is 12.6. The van der Waals surface area contributed by atoms with E-state index in [-0.39, 0.29) is 11.7 Å². The van der Waals surface area contributed by atoms with Crippen LogP contribution < -0.4 is 5.32 Å². The summed E-state index contributed by atoms with van der Waals surface area (Å²) >= 11 is 6.02. The second-order valence-electron chi connectivity index (χ2n) is 6.81. The largest absolute Gasteiger partial charge is 0.457 e. The number of ketones is 1. The summed E-state index contributed by atoms with van der Waals surface area (Å²) in [5.41, 5.74) is 2.42. The van der Waals surface area contributed by atoms with Crippen molar-refractivity contribution in [1.29, 1.82) is 0 Å². The topological polar surface area (TPSA) is 59.3 Å². The Balaban J connectivity index is 1.45. The van der Waals surface area contributed by atoms with Gasteiger partial charge in [-0.15, -0.1) is 0 Å². The van der Waals surface area contributed by atoms with E-state index < -0.39 is 0 Å². The number of furan rings is 1. The van der Waals surface area contributed by atoms with Crippen LogP contribution in [0, 0.1) is 0 Å². The van der Waals surface area contributed by atoms with Crippen molar-refractivity contribution in [1.82, 2.24) is 0 Å². The standard InChI is InChI=1S/C26H18ClNO3/c27-21-10-4-9-20(16-21)25-15-13-23(31-25)12-14-24(29)19-8-5-11-22(17-19)28-26(30)18-6-2-1-3-7-18/h1-17H,(H,28,30). The summed E-state index contributed by atoms with van der Waals surface area (Å²) in [6, 6.07) is 26.7. The number of rotatable bonds is 6. The molecule has 0 fully saturated rings. The van der Waals surface area contributed by atoms with Crippen LogP contribution >= 0.6 is 11.6 Å². The molecule has 1 heterocycles. The van der Waals surface area contributed by atoms with Crippen molar-refractivity contribution in [3.8, 4) is 11.3 Å². The summed E-state index contributed by atoms with van der Waals surface area (Å²) in [5.74, 6) is 0.790. The molecule has 0 unspecified atom stereocenters. The molecule has 31 heavy (non-hydrogen) atoms. The SMILES string of the molecule is O=C(C=Cc1ccc(-c2cccc(Cl)c2)o1)c1cccc(NC(=O)c2ccccc2)c1. The van der Waals surface area contributed by atoms with Crippen LogP contribution in [0.25, 0.3) is 17.4 Å². The molecule has 0 spiro atoms. The molecule has 3 aromatic carbocycles. The number of carbonyl (C=O) groups is 2. The maximum Gasteiger partial charge on any atom is 0.255 e. The van der Waals surface area contributed by atoms with Gasteiger partial charge in [0.15, 0.2) is 5.78 Å². The third-order valence-corrected chi connectivity index (χ3v) is 4.81. The zero-order chi connectivity index (χ0) is 21.6. The molecule has 1 N–H and O–H groups in total. The van der Waals surface area contributed by atoms with Crippen molar-refractivity contribution < 1.29 is 14.0 Å². The molecular weight excluding hydrogens is 410 g/mol. The Bertz CT molecular complexity index is 1260. The highest BCUT2D eigenvalue weighted by molar-refractivity contribution is 6.30. The maximum absolute atomic E-state index is 12.6. The Labute approximate surface area is 184 Å². The van der Waals surface area contributed by atoms with Crippen LogP contribution in [0.15, 0.2) is 101 Å². The molecule has 0 aliphatic heterocycles. The number of benzene rings is 3. The van der Waals surface area contributed by atoms with Crippen molar-refractivity contribution >= 4 is 35.1 Å². The highest BCUT2D eigenvalue weighted by Gasteiger charge is 2.08. The Kier molecular flexibility index (Phi) is 6.11. The number of allylic oxidation sites excluding steroid dienone is 1. The summed E-state index contributed by atoms with van der Waals surface area (Å²) in [7, 11) is 0. The predicted molar refractivity (Wildman–Crippen MR) is 123 cm³/mol. The highest BCUT2D eigenvalue weighted by Crippen LogP contribution is 2.25. The number of amides is 1. The van der Waals surface area contributed by atoms with Gasteiger partial charge in [-0.2, -0.15) is 0 Å². The number of carbonyl (C=O) groups excluding carboxylic acids is 2. The second kappa shape index (κ2) is 9.28. The van der Waals surface area contributed by atoms with Crippen LogP contribution in [0.5, 0.6) is 0 Å². The molecule has 0 radical (unpaired) electrons. The Morgan fingerprint density at radius 3 is 2.39 bits per heavy atom. The van der Waals surface area contributed by atoms with Crippen LogP contribution in [0.4, 0.5) is 5.69 Å². The van der Waals surface area contributed by atoms with Crippen molar-refractivity contribution in [3.05, 3.63) is 119 Å². The summed E-state index contributed by atoms with van der Waals surface area (Å²) in [6.45, 7) is 0. The Morgan fingerprint density at radius 2 is 1.58 bits per heavy atom. The third-order valence-electron chi connectivity index (χ3n) is 4.58. The van der Waals surface area contributed by atoms with Crippen molar-refractivity contribution in [2.75, 3.05) is 5.32 Å². The van der Waals surface area contributed by atoms with E-state index in [4.69, 9.17) is 16.0 Å². The normalized spacial score (nSPS) is 10.9. The van der Waals surface area contributed by atoms with Gasteiger partial charge in [-0.05, 0) is 60.7 Å². The number of anilines is 1. The summed E-state index contributed by atoms with van der Waals surface area (Å²) in [5, 5.41) is 3.43. The van der Waals surface area contributed by atoms with Gasteiger partial charge in [0.1, 0.15) is 11.5 Å². The van der Waals surface area contributed by atoms with Gasteiger partial charge >= 0.3 is 0 Å². The van der Waals surface area contributed by atoms with Crippen LogP contribution in [-0.2, 0) is 0 Å². The van der Waals surface area contributed by atoms with E-state index in [1.54, 1.807) is 66.7 Å². The molecule has 0 saturated carbocycles. The molecule has 0 aliphatic carbocycles. The molecule has 0 saturated heterocycles. The minimum Gasteiger partial charge on any atom is -0.457 e. The van der Waals surface area contributed by atoms with E-state index in [1.807, 2.05) is 30.3 Å². The number of hydrogen-bond acceptors (Lipinski definition) is 3. The minimum absolute atomic E-state index is 0.198. The molecule has 1 amide bonds. The zero-order valence-corrected chi connectivity index (χ0v) is 17.2. The molecule has 4 nitrogen and oxygen atoms in total. The highest BCUT2D eigenvalue weighted by atomic mass is 35.5. The number of hydrogen-bond donors (Lipinski definition) is 1. The number of nitrogens with one attached hydrogen (secondary N) is 1. The molecule has 0 bridgehead atoms. The first-order valence-electron chi connectivity index (χ1n) is 9.63. The lowest BCUT2D eigenvalue weighted by Gasteiger charge is -2.06. The van der Waals surface area contributed by atoms with Gasteiger partial charge in [-0.3, -0.25) is 9.59 Å². The van der Waals surface area contributed by atoms with Crippen LogP contribution in [0.3, 0.4) is 0 Å². The minimum atomic E-state index is -0.232. The first kappa shape index (κ1) is 20.4. The summed E-state index contributed by atoms with van der Waals surface area (Å²) < 4.78 is 5.78. The smallest absolute Gasteiger partial charge is 0.255 e. The molecule has 5 heteroatoms. The van der Waals surface area contributed by atoms with Gasteiger partial charge in [-0.1, -0.05) is 54.1 Å². The van der Waals surface area contributed by atoms with Gasteiger partial charge < -0.3 is 9.73 Å². The predicted octanol–water partition coefficient (Wildman–Crippen LogP) is 6.75. The molecule has 1 aromatic heterocycles. The fourth-order valence-corrected chi connectivity index (χ4v) is 3.23. The van der Waals surface area contributed by atoms with Crippen molar-refractivity contribution in [3.63, 3.8) is 0 Å². The van der Waals surface area contributed by atoms with E-state index in [0.717, 1.165) is 5.56 Å². The first-order valence-corrected chi connectivity index (χ1v) is 10.0. The molecule has 4 aromatic rings. The average Bonchev–Trinajstić information content (AvgIpc) is 3.27. The second-order valence-corrected chi connectivity index (χ2v) is 7.25. The summed E-state index contributed by atoms with van der Waals surface area (Å²) in [6.07, 6.45) is 3.06. The molecule has 152 valence electrons. The monoisotopic (exact) mass is 427 g/mol. The van der Waals surface area contributed by atoms with E-state index in [1.165, 1.54) is 6.08 Å². The molecule has 0 aliphatic rings. The van der Waals surface area contributed by atoms with E-state index in [9.17, 15) is 9.59 Å². The van der Waals surface area contributed by atoms with Crippen LogP contribution in [0.2, 0.25) is 5.02 Å². The summed E-state index contributed by atoms with van der Waals surface area (Å²) in [4.78, 5) is 24.9. The molecular formula is C26H18ClNO3. The lowest BCUT2D eigenvalue weighted by Crippen LogP contribution is -2.12. The fourth-order valence-electron chi connectivity index (χ4n) is 3.04. The zero-order valence-electron chi connectivity index (χ0n) is 16.4. The van der Waals surface area contributed by atoms with Gasteiger partial charge in [0, 0.05) is 27.4 Å². The third kappa shape index (κ3) is 5.18. The first-order chi connectivity index (χ1) is 15.1. The molecule has 4 rings (SSSR count). The van der Waals surface area contributed by atoms with E-state index >= 15 is 0 Å². The quantitative estimate of drug-likeness (QED) is 0.273. The Hall–Kier alpha value is -3.89. The van der Waals surface area contributed by atoms with Crippen LogP contribution in [-0.4, -0.2) is 11.7 Å². The van der Waals surface area contributed by atoms with Crippen LogP contribution in [0.1, 0.15) is 26.5 Å².